The Balaban J connectivity index is 1.39. The molecule has 0 saturated carbocycles. The van der Waals surface area contributed by atoms with E-state index in [9.17, 15) is 4.79 Å². The number of hydrogen-bond acceptors (Lipinski definition) is 3. The molecule has 0 fully saturated rings. The Kier molecular flexibility index (Phi) is 4.65. The lowest BCUT2D eigenvalue weighted by molar-refractivity contribution is -0.117. The zero-order valence-corrected chi connectivity index (χ0v) is 15.0. The van der Waals surface area contributed by atoms with Crippen molar-refractivity contribution in [2.24, 2.45) is 0 Å². The van der Waals surface area contributed by atoms with Gasteiger partial charge in [0.05, 0.1) is 6.04 Å². The van der Waals surface area contributed by atoms with Crippen LogP contribution >= 0.6 is 0 Å². The van der Waals surface area contributed by atoms with E-state index >= 15 is 0 Å². The van der Waals surface area contributed by atoms with E-state index in [4.69, 9.17) is 9.47 Å². The van der Waals surface area contributed by atoms with Gasteiger partial charge in [0, 0.05) is 6.08 Å². The number of nitrogens with one attached hydrogen (secondary N) is 1. The summed E-state index contributed by atoms with van der Waals surface area (Å²) in [5, 5.41) is 3.04. The van der Waals surface area contributed by atoms with E-state index in [0.29, 0.717) is 0 Å². The topological polar surface area (TPSA) is 47.6 Å². The zero-order valence-electron chi connectivity index (χ0n) is 15.0. The second-order valence-electron chi connectivity index (χ2n) is 6.91. The fourth-order valence-electron chi connectivity index (χ4n) is 3.56. The van der Waals surface area contributed by atoms with Gasteiger partial charge in [0.25, 0.3) is 0 Å². The first-order valence-corrected chi connectivity index (χ1v) is 9.19. The molecule has 26 heavy (non-hydrogen) atoms. The molecule has 1 amide bonds. The molecule has 0 spiro atoms. The molecule has 4 rings (SSSR count). The Bertz CT molecular complexity index is 856. The minimum absolute atomic E-state index is 0.0175. The van der Waals surface area contributed by atoms with Gasteiger partial charge in [-0.15, -0.1) is 0 Å². The fourth-order valence-corrected chi connectivity index (χ4v) is 3.56. The van der Waals surface area contributed by atoms with Crippen LogP contribution in [-0.4, -0.2) is 12.7 Å². The van der Waals surface area contributed by atoms with Crippen LogP contribution in [0.5, 0.6) is 11.5 Å². The maximum atomic E-state index is 12.3. The predicted octanol–water partition coefficient (Wildman–Crippen LogP) is 4.18. The first-order chi connectivity index (χ1) is 12.7. The summed E-state index contributed by atoms with van der Waals surface area (Å²) in [5.74, 6) is 1.36. The molecule has 0 aromatic heterocycles. The Morgan fingerprint density at radius 3 is 2.73 bits per heavy atom. The van der Waals surface area contributed by atoms with Crippen LogP contribution in [0.4, 0.5) is 0 Å². The van der Waals surface area contributed by atoms with Crippen molar-refractivity contribution in [2.45, 2.75) is 38.6 Å². The molecule has 1 aliphatic heterocycles. The number of benzene rings is 2. The van der Waals surface area contributed by atoms with Crippen LogP contribution in [-0.2, 0) is 17.6 Å². The summed E-state index contributed by atoms with van der Waals surface area (Å²) in [4.78, 5) is 12.3. The van der Waals surface area contributed by atoms with Crippen molar-refractivity contribution in [3.8, 4) is 11.5 Å². The van der Waals surface area contributed by atoms with Crippen molar-refractivity contribution < 1.29 is 14.3 Å². The number of rotatable bonds is 4. The summed E-state index contributed by atoms with van der Waals surface area (Å²) in [7, 11) is 0. The van der Waals surface area contributed by atoms with Crippen molar-refractivity contribution in [1.29, 1.82) is 0 Å². The highest BCUT2D eigenvalue weighted by molar-refractivity contribution is 5.92. The lowest BCUT2D eigenvalue weighted by Crippen LogP contribution is -2.24. The van der Waals surface area contributed by atoms with Gasteiger partial charge in [-0.05, 0) is 73.1 Å². The molecule has 2 aliphatic rings. The van der Waals surface area contributed by atoms with Crippen molar-refractivity contribution >= 4 is 12.0 Å². The van der Waals surface area contributed by atoms with Crippen molar-refractivity contribution in [3.63, 3.8) is 0 Å². The third kappa shape index (κ3) is 3.59. The predicted molar refractivity (Wildman–Crippen MR) is 101 cm³/mol. The molecule has 0 bridgehead atoms. The van der Waals surface area contributed by atoms with E-state index in [1.165, 1.54) is 30.4 Å². The summed E-state index contributed by atoms with van der Waals surface area (Å²) >= 11 is 0. The Morgan fingerprint density at radius 2 is 1.85 bits per heavy atom. The number of ether oxygens (including phenoxy) is 2. The van der Waals surface area contributed by atoms with Gasteiger partial charge in [-0.25, -0.2) is 0 Å². The molecule has 2 aromatic carbocycles. The van der Waals surface area contributed by atoms with Crippen LogP contribution in [0.1, 0.15) is 48.1 Å². The summed E-state index contributed by atoms with van der Waals surface area (Å²) in [6.45, 7) is 2.28. The molecule has 0 saturated heterocycles. The number of fused-ring (bicyclic) bond motifs is 2. The van der Waals surface area contributed by atoms with E-state index in [2.05, 4.69) is 23.5 Å². The molecule has 1 N–H and O–H groups in total. The maximum Gasteiger partial charge on any atom is 0.244 e. The number of carbonyl (C=O) groups excluding carboxylic acids is 1. The average molecular weight is 349 g/mol. The quantitative estimate of drug-likeness (QED) is 0.842. The third-order valence-electron chi connectivity index (χ3n) is 5.06. The first-order valence-electron chi connectivity index (χ1n) is 9.19. The van der Waals surface area contributed by atoms with Crippen LogP contribution in [0, 0.1) is 0 Å². The van der Waals surface area contributed by atoms with Crippen molar-refractivity contribution in [1.82, 2.24) is 5.32 Å². The average Bonchev–Trinajstić information content (AvgIpc) is 3.13. The lowest BCUT2D eigenvalue weighted by atomic mass is 9.89. The van der Waals surface area contributed by atoms with Gasteiger partial charge in [-0.2, -0.15) is 0 Å². The SMILES string of the molecule is C[C@@H](NC(=O)/C=C/c1ccc2c(c1)OCO2)c1ccc2c(c1)CCCC2. The summed E-state index contributed by atoms with van der Waals surface area (Å²) in [6, 6.07) is 12.2. The summed E-state index contributed by atoms with van der Waals surface area (Å²) in [5.41, 5.74) is 4.97. The zero-order chi connectivity index (χ0) is 17.9. The monoisotopic (exact) mass is 349 g/mol. The molecule has 0 radical (unpaired) electrons. The van der Waals surface area contributed by atoms with Gasteiger partial charge in [0.1, 0.15) is 0 Å². The highest BCUT2D eigenvalue weighted by atomic mass is 16.7. The standard InChI is InChI=1S/C22H23NO3/c1-15(18-9-8-17-4-2-3-5-19(17)13-18)23-22(24)11-7-16-6-10-20-21(12-16)26-14-25-20/h6-13,15H,2-5,14H2,1H3,(H,23,24)/b11-7+/t15-/m1/s1. The highest BCUT2D eigenvalue weighted by Crippen LogP contribution is 2.32. The number of carbonyl (C=O) groups is 1. The van der Waals surface area contributed by atoms with Crippen molar-refractivity contribution in [3.05, 3.63) is 64.7 Å². The fraction of sp³-hybridized carbons (Fsp3) is 0.318. The van der Waals surface area contributed by atoms with E-state index in [0.717, 1.165) is 29.0 Å². The normalized spacial score (nSPS) is 16.3. The van der Waals surface area contributed by atoms with Crippen LogP contribution in [0.15, 0.2) is 42.5 Å². The van der Waals surface area contributed by atoms with E-state index < -0.39 is 0 Å². The Morgan fingerprint density at radius 1 is 1.04 bits per heavy atom. The van der Waals surface area contributed by atoms with Crippen LogP contribution < -0.4 is 14.8 Å². The lowest BCUT2D eigenvalue weighted by Gasteiger charge is -2.19. The van der Waals surface area contributed by atoms with Gasteiger partial charge in [-0.1, -0.05) is 24.3 Å². The molecule has 4 heteroatoms. The smallest absolute Gasteiger partial charge is 0.244 e. The van der Waals surface area contributed by atoms with Gasteiger partial charge >= 0.3 is 0 Å². The largest absolute Gasteiger partial charge is 0.454 e. The second-order valence-corrected chi connectivity index (χ2v) is 6.91. The molecule has 134 valence electrons. The number of amides is 1. The molecule has 1 atom stereocenters. The molecule has 0 unspecified atom stereocenters. The minimum Gasteiger partial charge on any atom is -0.454 e. The molecule has 2 aromatic rings. The Hall–Kier alpha value is -2.75. The van der Waals surface area contributed by atoms with Gasteiger partial charge < -0.3 is 14.8 Å². The van der Waals surface area contributed by atoms with E-state index in [1.807, 2.05) is 25.1 Å². The van der Waals surface area contributed by atoms with Gasteiger partial charge in [0.2, 0.25) is 12.7 Å². The van der Waals surface area contributed by atoms with Crippen molar-refractivity contribution in [2.75, 3.05) is 6.79 Å². The third-order valence-corrected chi connectivity index (χ3v) is 5.06. The van der Waals surface area contributed by atoms with Gasteiger partial charge in [-0.3, -0.25) is 4.79 Å². The van der Waals surface area contributed by atoms with E-state index in [1.54, 1.807) is 12.2 Å². The summed E-state index contributed by atoms with van der Waals surface area (Å²) in [6.07, 6.45) is 8.21. The second kappa shape index (κ2) is 7.24. The van der Waals surface area contributed by atoms with Crippen LogP contribution in [0.3, 0.4) is 0 Å². The maximum absolute atomic E-state index is 12.3. The van der Waals surface area contributed by atoms with Crippen LogP contribution in [0.2, 0.25) is 0 Å². The molecular formula is C22H23NO3. The number of hydrogen-bond donors (Lipinski definition) is 1. The van der Waals surface area contributed by atoms with Gasteiger partial charge in [0.15, 0.2) is 11.5 Å². The summed E-state index contributed by atoms with van der Waals surface area (Å²) < 4.78 is 10.7. The first kappa shape index (κ1) is 16.7. The van der Waals surface area contributed by atoms with Crippen LogP contribution in [0.25, 0.3) is 6.08 Å². The molecule has 1 heterocycles. The van der Waals surface area contributed by atoms with E-state index in [-0.39, 0.29) is 18.7 Å². The highest BCUT2D eigenvalue weighted by Gasteiger charge is 2.14. The molecular weight excluding hydrogens is 326 g/mol. The minimum atomic E-state index is -0.104. The Labute approximate surface area is 153 Å². The number of aryl methyl sites for hydroxylation is 2. The molecule has 1 aliphatic carbocycles. The molecule has 4 nitrogen and oxygen atoms in total.